The number of nitrogens with one attached hydrogen (secondary N) is 1. The molecule has 0 aliphatic carbocycles. The first-order valence-corrected chi connectivity index (χ1v) is 6.05. The lowest BCUT2D eigenvalue weighted by Crippen LogP contribution is -2.16. The Labute approximate surface area is 104 Å². The molecule has 0 radical (unpaired) electrons. The van der Waals surface area contributed by atoms with E-state index in [9.17, 15) is 0 Å². The van der Waals surface area contributed by atoms with E-state index in [-0.39, 0.29) is 0 Å². The van der Waals surface area contributed by atoms with Crippen LogP contribution in [0.3, 0.4) is 0 Å². The molecular formula is C10H14N6S. The fourth-order valence-electron chi connectivity index (χ4n) is 1.27. The molecule has 0 aliphatic rings. The van der Waals surface area contributed by atoms with Crippen molar-refractivity contribution >= 4 is 23.2 Å². The highest BCUT2D eigenvalue weighted by molar-refractivity contribution is 7.09. The van der Waals surface area contributed by atoms with Crippen molar-refractivity contribution in [3.8, 4) is 0 Å². The van der Waals surface area contributed by atoms with E-state index >= 15 is 0 Å². The van der Waals surface area contributed by atoms with E-state index in [4.69, 9.17) is 0 Å². The maximum atomic E-state index is 4.39. The third kappa shape index (κ3) is 2.88. The van der Waals surface area contributed by atoms with E-state index in [1.54, 1.807) is 24.6 Å². The number of aromatic nitrogens is 4. The topological polar surface area (TPSA) is 66.8 Å². The van der Waals surface area contributed by atoms with Crippen LogP contribution in [0.4, 0.5) is 11.9 Å². The van der Waals surface area contributed by atoms with E-state index in [0.717, 1.165) is 10.8 Å². The largest absolute Gasteiger partial charge is 0.357 e. The van der Waals surface area contributed by atoms with Gasteiger partial charge in [0.25, 0.3) is 0 Å². The summed E-state index contributed by atoms with van der Waals surface area (Å²) in [4.78, 5) is 19.0. The quantitative estimate of drug-likeness (QED) is 0.874. The third-order valence-electron chi connectivity index (χ3n) is 2.09. The van der Waals surface area contributed by atoms with Crippen LogP contribution in [0.25, 0.3) is 0 Å². The molecule has 0 aliphatic heterocycles. The summed E-state index contributed by atoms with van der Waals surface area (Å²) in [6.45, 7) is 0. The van der Waals surface area contributed by atoms with Gasteiger partial charge in [-0.2, -0.15) is 15.0 Å². The molecule has 0 saturated carbocycles. The SMILES string of the molecule is CNc1nc(Cc2nccs2)nc(N(C)C)n1. The predicted octanol–water partition coefficient (Wildman–Crippen LogP) is 1.03. The second-order valence-electron chi connectivity index (χ2n) is 3.62. The van der Waals surface area contributed by atoms with Crippen molar-refractivity contribution in [2.75, 3.05) is 31.4 Å². The van der Waals surface area contributed by atoms with Crippen molar-refractivity contribution in [3.05, 3.63) is 22.4 Å². The van der Waals surface area contributed by atoms with Gasteiger partial charge in [0.1, 0.15) is 10.8 Å². The van der Waals surface area contributed by atoms with Gasteiger partial charge in [0.2, 0.25) is 11.9 Å². The van der Waals surface area contributed by atoms with Crippen molar-refractivity contribution in [3.63, 3.8) is 0 Å². The highest BCUT2D eigenvalue weighted by Gasteiger charge is 2.08. The van der Waals surface area contributed by atoms with Crippen LogP contribution in [0.15, 0.2) is 11.6 Å². The molecule has 2 heterocycles. The summed E-state index contributed by atoms with van der Waals surface area (Å²) in [5.74, 6) is 1.95. The zero-order valence-corrected chi connectivity index (χ0v) is 10.8. The highest BCUT2D eigenvalue weighted by Crippen LogP contribution is 2.12. The Morgan fingerprint density at radius 1 is 1.29 bits per heavy atom. The lowest BCUT2D eigenvalue weighted by molar-refractivity contribution is 0.883. The van der Waals surface area contributed by atoms with E-state index in [2.05, 4.69) is 25.3 Å². The minimum Gasteiger partial charge on any atom is -0.357 e. The first-order valence-electron chi connectivity index (χ1n) is 5.17. The van der Waals surface area contributed by atoms with Crippen LogP contribution in [0.2, 0.25) is 0 Å². The van der Waals surface area contributed by atoms with Crippen LogP contribution in [-0.2, 0) is 6.42 Å². The van der Waals surface area contributed by atoms with Gasteiger partial charge in [0.15, 0.2) is 0 Å². The van der Waals surface area contributed by atoms with Gasteiger partial charge >= 0.3 is 0 Å². The van der Waals surface area contributed by atoms with Crippen LogP contribution in [-0.4, -0.2) is 41.1 Å². The number of rotatable bonds is 4. The Balaban J connectivity index is 2.29. The lowest BCUT2D eigenvalue weighted by Gasteiger charge is -2.11. The normalized spacial score (nSPS) is 10.3. The smallest absolute Gasteiger partial charge is 0.229 e. The van der Waals surface area contributed by atoms with Crippen LogP contribution < -0.4 is 10.2 Å². The molecule has 0 atom stereocenters. The first-order chi connectivity index (χ1) is 8.19. The zero-order valence-electron chi connectivity index (χ0n) is 10.0. The Morgan fingerprint density at radius 2 is 2.12 bits per heavy atom. The molecule has 0 fully saturated rings. The van der Waals surface area contributed by atoms with Crippen molar-refractivity contribution in [2.45, 2.75) is 6.42 Å². The van der Waals surface area contributed by atoms with Gasteiger partial charge < -0.3 is 10.2 Å². The monoisotopic (exact) mass is 250 g/mol. The number of thiazole rings is 1. The fourth-order valence-corrected chi connectivity index (χ4v) is 1.89. The Morgan fingerprint density at radius 3 is 2.71 bits per heavy atom. The molecule has 0 saturated heterocycles. The molecule has 6 nitrogen and oxygen atoms in total. The summed E-state index contributed by atoms with van der Waals surface area (Å²) in [5, 5.41) is 5.89. The molecule has 0 spiro atoms. The van der Waals surface area contributed by atoms with Gasteiger partial charge in [-0.25, -0.2) is 4.98 Å². The van der Waals surface area contributed by atoms with Crippen molar-refractivity contribution in [2.24, 2.45) is 0 Å². The second kappa shape index (κ2) is 5.05. The Kier molecular flexibility index (Phi) is 3.48. The second-order valence-corrected chi connectivity index (χ2v) is 4.60. The summed E-state index contributed by atoms with van der Waals surface area (Å²) in [6, 6.07) is 0. The molecule has 7 heteroatoms. The zero-order chi connectivity index (χ0) is 12.3. The van der Waals surface area contributed by atoms with Crippen LogP contribution in [0, 0.1) is 0 Å². The number of anilines is 2. The molecule has 0 aromatic carbocycles. The average Bonchev–Trinajstić information content (AvgIpc) is 2.81. The summed E-state index contributed by atoms with van der Waals surface area (Å²) in [5.41, 5.74) is 0. The standard InChI is InChI=1S/C10H14N6S/c1-11-9-13-7(6-8-12-4-5-17-8)14-10(15-9)16(2)3/h4-5H,6H2,1-3H3,(H,11,13,14,15). The van der Waals surface area contributed by atoms with Gasteiger partial charge in [0.05, 0.1) is 6.42 Å². The molecule has 1 N–H and O–H groups in total. The van der Waals surface area contributed by atoms with Gasteiger partial charge in [-0.3, -0.25) is 0 Å². The van der Waals surface area contributed by atoms with Gasteiger partial charge in [-0.05, 0) is 0 Å². The van der Waals surface area contributed by atoms with Crippen LogP contribution >= 0.6 is 11.3 Å². The molecule has 0 unspecified atom stereocenters. The maximum absolute atomic E-state index is 4.39. The van der Waals surface area contributed by atoms with Gasteiger partial charge in [-0.15, -0.1) is 11.3 Å². The predicted molar refractivity (Wildman–Crippen MR) is 68.6 cm³/mol. The van der Waals surface area contributed by atoms with E-state index in [1.165, 1.54) is 0 Å². The van der Waals surface area contributed by atoms with Gasteiger partial charge in [-0.1, -0.05) is 0 Å². The van der Waals surface area contributed by atoms with Crippen molar-refractivity contribution in [1.82, 2.24) is 19.9 Å². The minimum absolute atomic E-state index is 0.579. The van der Waals surface area contributed by atoms with Crippen LogP contribution in [0.1, 0.15) is 10.8 Å². The third-order valence-corrected chi connectivity index (χ3v) is 2.87. The van der Waals surface area contributed by atoms with Crippen molar-refractivity contribution in [1.29, 1.82) is 0 Å². The molecule has 2 aromatic rings. The number of nitrogens with zero attached hydrogens (tertiary/aromatic N) is 5. The summed E-state index contributed by atoms with van der Waals surface area (Å²) in [6.07, 6.45) is 2.42. The van der Waals surface area contributed by atoms with Crippen molar-refractivity contribution < 1.29 is 0 Å². The molecule has 17 heavy (non-hydrogen) atoms. The maximum Gasteiger partial charge on any atom is 0.229 e. The fraction of sp³-hybridized carbons (Fsp3) is 0.400. The summed E-state index contributed by atoms with van der Waals surface area (Å²) in [7, 11) is 5.60. The molecular weight excluding hydrogens is 236 g/mol. The molecule has 2 rings (SSSR count). The number of hydrogen-bond donors (Lipinski definition) is 1. The van der Waals surface area contributed by atoms with Gasteiger partial charge in [0, 0.05) is 32.7 Å². The molecule has 2 aromatic heterocycles. The minimum atomic E-state index is 0.579. The Hall–Kier alpha value is -1.76. The van der Waals surface area contributed by atoms with E-state index in [0.29, 0.717) is 18.3 Å². The van der Waals surface area contributed by atoms with E-state index < -0.39 is 0 Å². The summed E-state index contributed by atoms with van der Waals surface area (Å²) >= 11 is 1.60. The highest BCUT2D eigenvalue weighted by atomic mass is 32.1. The van der Waals surface area contributed by atoms with Crippen LogP contribution in [0.5, 0.6) is 0 Å². The molecule has 0 amide bonds. The first kappa shape index (κ1) is 11.7. The number of hydrogen-bond acceptors (Lipinski definition) is 7. The summed E-state index contributed by atoms with van der Waals surface area (Å²) < 4.78 is 0. The molecule has 90 valence electrons. The lowest BCUT2D eigenvalue weighted by atomic mass is 10.4. The average molecular weight is 250 g/mol. The van der Waals surface area contributed by atoms with E-state index in [1.807, 2.05) is 24.4 Å². The Bertz CT molecular complexity index is 482. The molecule has 0 bridgehead atoms.